The Labute approximate surface area is 212 Å². The van der Waals surface area contributed by atoms with Crippen LogP contribution in [0.15, 0.2) is 65.5 Å². The van der Waals surface area contributed by atoms with Gasteiger partial charge >= 0.3 is 0 Å². The Morgan fingerprint density at radius 2 is 1.66 bits per heavy atom. The first-order valence-corrected chi connectivity index (χ1v) is 12.1. The number of para-hydroxylation sites is 1. The second-order valence-corrected chi connectivity index (χ2v) is 10.4. The van der Waals surface area contributed by atoms with Gasteiger partial charge in [0.05, 0.1) is 15.7 Å². The fraction of sp³-hybridized carbons (Fsp3) is 0.259. The number of ether oxygens (including phenoxy) is 1. The summed E-state index contributed by atoms with van der Waals surface area (Å²) in [7, 11) is 0. The first-order chi connectivity index (χ1) is 16.6. The molecule has 1 aliphatic heterocycles. The van der Waals surface area contributed by atoms with Crippen LogP contribution in [-0.4, -0.2) is 39.2 Å². The fourth-order valence-electron chi connectivity index (χ4n) is 4.30. The van der Waals surface area contributed by atoms with E-state index in [0.29, 0.717) is 38.1 Å². The molecule has 0 saturated carbocycles. The highest BCUT2D eigenvalue weighted by molar-refractivity contribution is 6.37. The Bertz CT molecular complexity index is 1470. The Morgan fingerprint density at radius 1 is 0.971 bits per heavy atom. The van der Waals surface area contributed by atoms with E-state index in [1.165, 1.54) is 16.7 Å². The lowest BCUT2D eigenvalue weighted by Gasteiger charge is -2.46. The van der Waals surface area contributed by atoms with Crippen LogP contribution in [0.1, 0.15) is 20.8 Å². The Balaban J connectivity index is 1.72. The molecule has 4 aromatic rings. The molecule has 0 radical (unpaired) electrons. The number of likely N-dealkylation sites (tertiary alicyclic amines) is 1. The van der Waals surface area contributed by atoms with Crippen molar-refractivity contribution < 1.29 is 9.13 Å². The average Bonchev–Trinajstić information content (AvgIpc) is 2.76. The van der Waals surface area contributed by atoms with Gasteiger partial charge in [0.1, 0.15) is 11.9 Å². The predicted octanol–water partition coefficient (Wildman–Crippen LogP) is 6.36. The van der Waals surface area contributed by atoms with Gasteiger partial charge in [0.2, 0.25) is 5.88 Å². The number of fused-ring (bicyclic) bond motifs is 1. The van der Waals surface area contributed by atoms with E-state index in [1.54, 1.807) is 48.5 Å². The van der Waals surface area contributed by atoms with Crippen LogP contribution in [-0.2, 0) is 0 Å². The van der Waals surface area contributed by atoms with E-state index in [2.05, 4.69) is 25.7 Å². The van der Waals surface area contributed by atoms with Crippen molar-refractivity contribution in [1.29, 1.82) is 0 Å². The Hall–Kier alpha value is -2.93. The van der Waals surface area contributed by atoms with Gasteiger partial charge in [0.25, 0.3) is 5.56 Å². The summed E-state index contributed by atoms with van der Waals surface area (Å²) in [6, 6.07) is 16.3. The largest absolute Gasteiger partial charge is 0.472 e. The summed E-state index contributed by atoms with van der Waals surface area (Å²) >= 11 is 12.9. The van der Waals surface area contributed by atoms with Gasteiger partial charge in [-0.1, -0.05) is 47.5 Å². The molecule has 180 valence electrons. The number of rotatable bonds is 4. The fourth-order valence-corrected chi connectivity index (χ4v) is 4.87. The smallest absolute Gasteiger partial charge is 0.256 e. The van der Waals surface area contributed by atoms with Gasteiger partial charge in [-0.05, 0) is 45.0 Å². The maximum atomic E-state index is 14.9. The molecule has 35 heavy (non-hydrogen) atoms. The van der Waals surface area contributed by atoms with Gasteiger partial charge in [-0.25, -0.2) is 4.39 Å². The average molecular weight is 512 g/mol. The lowest BCUT2D eigenvalue weighted by Crippen LogP contribution is -2.60. The van der Waals surface area contributed by atoms with Crippen LogP contribution in [0.2, 0.25) is 10.0 Å². The van der Waals surface area contributed by atoms with Crippen molar-refractivity contribution >= 4 is 34.2 Å². The molecule has 0 aliphatic carbocycles. The van der Waals surface area contributed by atoms with Crippen LogP contribution in [0.4, 0.5) is 4.39 Å². The topological polar surface area (TPSA) is 47.4 Å². The van der Waals surface area contributed by atoms with Crippen LogP contribution >= 0.6 is 23.2 Å². The number of aromatic nitrogens is 2. The Kier molecular flexibility index (Phi) is 6.08. The Morgan fingerprint density at radius 3 is 2.31 bits per heavy atom. The summed E-state index contributed by atoms with van der Waals surface area (Å²) in [4.78, 5) is 20.1. The van der Waals surface area contributed by atoms with E-state index in [-0.39, 0.29) is 28.7 Å². The van der Waals surface area contributed by atoms with Crippen LogP contribution < -0.4 is 10.3 Å². The van der Waals surface area contributed by atoms with E-state index in [9.17, 15) is 9.18 Å². The highest BCUT2D eigenvalue weighted by Crippen LogP contribution is 2.36. The summed E-state index contributed by atoms with van der Waals surface area (Å²) in [5.41, 5.74) is 1.22. The highest BCUT2D eigenvalue weighted by Gasteiger charge is 2.36. The molecule has 3 heterocycles. The lowest BCUT2D eigenvalue weighted by atomic mass is 9.99. The molecule has 5 nitrogen and oxygen atoms in total. The van der Waals surface area contributed by atoms with E-state index in [4.69, 9.17) is 32.9 Å². The van der Waals surface area contributed by atoms with Gasteiger partial charge in [-0.15, -0.1) is 0 Å². The van der Waals surface area contributed by atoms with Gasteiger partial charge in [-0.2, -0.15) is 4.98 Å². The molecular formula is C27H24Cl2FN3O2. The molecule has 1 fully saturated rings. The van der Waals surface area contributed by atoms with Crippen molar-refractivity contribution in [2.75, 3.05) is 13.1 Å². The highest BCUT2D eigenvalue weighted by atomic mass is 35.5. The number of hydrogen-bond acceptors (Lipinski definition) is 4. The lowest BCUT2D eigenvalue weighted by molar-refractivity contribution is -0.0366. The van der Waals surface area contributed by atoms with Crippen molar-refractivity contribution in [3.63, 3.8) is 0 Å². The third kappa shape index (κ3) is 4.42. The summed E-state index contributed by atoms with van der Waals surface area (Å²) < 4.78 is 22.5. The number of nitrogens with zero attached hydrogens (tertiary/aromatic N) is 3. The van der Waals surface area contributed by atoms with Crippen molar-refractivity contribution in [2.24, 2.45) is 0 Å². The van der Waals surface area contributed by atoms with Crippen molar-refractivity contribution in [3.8, 4) is 22.7 Å². The SMILES string of the molecule is CC(C)(C)N1CC(Oc2cc(-c3ccccc3F)c3ccc(=O)n(-c4c(Cl)cccc4Cl)c3n2)C1. The first-order valence-electron chi connectivity index (χ1n) is 11.3. The molecule has 2 aromatic heterocycles. The third-order valence-corrected chi connectivity index (χ3v) is 6.86. The monoisotopic (exact) mass is 511 g/mol. The van der Waals surface area contributed by atoms with Crippen molar-refractivity contribution in [3.05, 3.63) is 86.9 Å². The molecule has 8 heteroatoms. The molecule has 0 N–H and O–H groups in total. The molecule has 5 rings (SSSR count). The molecular weight excluding hydrogens is 488 g/mol. The van der Waals surface area contributed by atoms with Crippen LogP contribution in [0.25, 0.3) is 27.8 Å². The number of hydrogen-bond donors (Lipinski definition) is 0. The van der Waals surface area contributed by atoms with Crippen molar-refractivity contribution in [1.82, 2.24) is 14.5 Å². The molecule has 0 amide bonds. The quantitative estimate of drug-likeness (QED) is 0.319. The molecule has 0 atom stereocenters. The van der Waals surface area contributed by atoms with Gasteiger partial charge in [0.15, 0.2) is 5.65 Å². The molecule has 2 aromatic carbocycles. The van der Waals surface area contributed by atoms with E-state index >= 15 is 0 Å². The standard InChI is InChI=1S/C27H24Cl2FN3O2/c1-27(2,3)32-14-16(15-32)35-23-13-19(17-7-4-5-10-22(17)30)18-11-12-24(34)33(26(18)31-23)25-20(28)8-6-9-21(25)29/h4-13,16H,14-15H2,1-3H3. The van der Waals surface area contributed by atoms with Crippen LogP contribution in [0, 0.1) is 5.82 Å². The maximum Gasteiger partial charge on any atom is 0.256 e. The van der Waals surface area contributed by atoms with E-state index < -0.39 is 0 Å². The van der Waals surface area contributed by atoms with Crippen molar-refractivity contribution in [2.45, 2.75) is 32.4 Å². The number of pyridine rings is 2. The molecule has 1 saturated heterocycles. The minimum atomic E-state index is -0.387. The third-order valence-electron chi connectivity index (χ3n) is 6.25. The summed E-state index contributed by atoms with van der Waals surface area (Å²) in [5.74, 6) is -0.0844. The zero-order valence-electron chi connectivity index (χ0n) is 19.6. The minimum absolute atomic E-state index is 0.0380. The zero-order valence-corrected chi connectivity index (χ0v) is 21.1. The summed E-state index contributed by atoms with van der Waals surface area (Å²) in [6.07, 6.45) is -0.0690. The van der Waals surface area contributed by atoms with E-state index in [1.807, 2.05) is 0 Å². The van der Waals surface area contributed by atoms with Gasteiger partial charge in [-0.3, -0.25) is 14.3 Å². The second-order valence-electron chi connectivity index (χ2n) is 9.62. The zero-order chi connectivity index (χ0) is 24.9. The predicted molar refractivity (Wildman–Crippen MR) is 138 cm³/mol. The summed E-state index contributed by atoms with van der Waals surface area (Å²) in [5, 5.41) is 1.17. The molecule has 0 unspecified atom stereocenters. The molecule has 1 aliphatic rings. The van der Waals surface area contributed by atoms with Gasteiger partial charge in [0, 0.05) is 47.3 Å². The van der Waals surface area contributed by atoms with Crippen LogP contribution in [0.3, 0.4) is 0 Å². The van der Waals surface area contributed by atoms with Crippen LogP contribution in [0.5, 0.6) is 5.88 Å². The second kappa shape index (κ2) is 8.94. The minimum Gasteiger partial charge on any atom is -0.472 e. The number of benzene rings is 2. The van der Waals surface area contributed by atoms with E-state index in [0.717, 1.165) is 13.1 Å². The normalized spacial score (nSPS) is 14.8. The first kappa shape index (κ1) is 23.8. The van der Waals surface area contributed by atoms with Gasteiger partial charge < -0.3 is 4.74 Å². The summed E-state index contributed by atoms with van der Waals surface area (Å²) in [6.45, 7) is 7.95. The maximum absolute atomic E-state index is 14.9. The molecule has 0 spiro atoms. The number of halogens is 3. The molecule has 0 bridgehead atoms.